The third-order valence-corrected chi connectivity index (χ3v) is 3.37. The average Bonchev–Trinajstić information content (AvgIpc) is 2.47. The minimum Gasteiger partial charge on any atom is -0.375 e. The lowest BCUT2D eigenvalue weighted by molar-refractivity contribution is -0.150. The molecule has 1 aromatic carbocycles. The average molecular weight is 276 g/mol. The van der Waals surface area contributed by atoms with Crippen molar-refractivity contribution in [1.82, 2.24) is 10.2 Å². The van der Waals surface area contributed by atoms with Crippen LogP contribution in [0, 0.1) is 0 Å². The lowest BCUT2D eigenvalue weighted by Gasteiger charge is -2.30. The highest BCUT2D eigenvalue weighted by Crippen LogP contribution is 2.11. The molecule has 1 aromatic rings. The number of rotatable bonds is 2. The van der Waals surface area contributed by atoms with Gasteiger partial charge in [0, 0.05) is 13.1 Å². The van der Waals surface area contributed by atoms with Gasteiger partial charge in [-0.1, -0.05) is 30.3 Å². The Morgan fingerprint density at radius 3 is 2.70 bits per heavy atom. The van der Waals surface area contributed by atoms with Gasteiger partial charge in [0.15, 0.2) is 0 Å². The summed E-state index contributed by atoms with van der Waals surface area (Å²) < 4.78 is 5.36. The van der Waals surface area contributed by atoms with Gasteiger partial charge in [-0.05, 0) is 19.4 Å². The second-order valence-electron chi connectivity index (χ2n) is 5.04. The number of morpholine rings is 1. The van der Waals surface area contributed by atoms with Crippen LogP contribution in [0.3, 0.4) is 0 Å². The molecule has 1 aliphatic heterocycles. The number of hydrogen-bond acceptors (Lipinski definition) is 3. The van der Waals surface area contributed by atoms with Gasteiger partial charge in [-0.2, -0.15) is 0 Å². The highest BCUT2D eigenvalue weighted by atomic mass is 16.5. The summed E-state index contributed by atoms with van der Waals surface area (Å²) in [4.78, 5) is 25.6. The first-order chi connectivity index (χ1) is 9.58. The van der Waals surface area contributed by atoms with Gasteiger partial charge in [0.2, 0.25) is 0 Å². The maximum Gasteiger partial charge on any atom is 0.312 e. The molecule has 0 radical (unpaired) electrons. The van der Waals surface area contributed by atoms with E-state index in [-0.39, 0.29) is 12.1 Å². The number of amides is 2. The Balaban J connectivity index is 1.92. The number of carbonyl (C=O) groups excluding carboxylic acids is 2. The Morgan fingerprint density at radius 1 is 1.35 bits per heavy atom. The van der Waals surface area contributed by atoms with E-state index in [0.29, 0.717) is 19.7 Å². The lowest BCUT2D eigenvalue weighted by atomic mass is 10.1. The summed E-state index contributed by atoms with van der Waals surface area (Å²) >= 11 is 0. The summed E-state index contributed by atoms with van der Waals surface area (Å²) in [7, 11) is 0. The van der Waals surface area contributed by atoms with Gasteiger partial charge in [0.05, 0.1) is 18.8 Å². The van der Waals surface area contributed by atoms with E-state index >= 15 is 0 Å². The molecule has 0 spiro atoms. The normalized spacial score (nSPS) is 20.3. The topological polar surface area (TPSA) is 58.6 Å². The van der Waals surface area contributed by atoms with E-state index < -0.39 is 11.8 Å². The lowest BCUT2D eigenvalue weighted by Crippen LogP contribution is -2.50. The smallest absolute Gasteiger partial charge is 0.312 e. The number of nitrogens with one attached hydrogen (secondary N) is 1. The van der Waals surface area contributed by atoms with Crippen LogP contribution in [0.5, 0.6) is 0 Å². The van der Waals surface area contributed by atoms with Crippen LogP contribution in [0.2, 0.25) is 0 Å². The molecule has 1 fully saturated rings. The van der Waals surface area contributed by atoms with Crippen molar-refractivity contribution >= 4 is 11.8 Å². The quantitative estimate of drug-likeness (QED) is 0.823. The van der Waals surface area contributed by atoms with E-state index in [1.165, 1.54) is 0 Å². The first-order valence-electron chi connectivity index (χ1n) is 6.84. The predicted octanol–water partition coefficient (Wildman–Crippen LogP) is 1.11. The molecule has 5 heteroatoms. The van der Waals surface area contributed by atoms with Crippen LogP contribution in [-0.4, -0.2) is 42.5 Å². The molecule has 0 unspecified atom stereocenters. The summed E-state index contributed by atoms with van der Waals surface area (Å²) in [5.74, 6) is -1.04. The van der Waals surface area contributed by atoms with Crippen LogP contribution in [0.25, 0.3) is 0 Å². The van der Waals surface area contributed by atoms with Gasteiger partial charge in [-0.25, -0.2) is 0 Å². The zero-order valence-electron chi connectivity index (χ0n) is 11.8. The molecule has 1 heterocycles. The molecule has 1 N–H and O–H groups in total. The van der Waals surface area contributed by atoms with Gasteiger partial charge in [-0.3, -0.25) is 9.59 Å². The van der Waals surface area contributed by atoms with Crippen LogP contribution < -0.4 is 5.32 Å². The van der Waals surface area contributed by atoms with Crippen molar-refractivity contribution in [3.8, 4) is 0 Å². The van der Waals surface area contributed by atoms with E-state index in [9.17, 15) is 9.59 Å². The molecular weight excluding hydrogens is 256 g/mol. The van der Waals surface area contributed by atoms with Crippen molar-refractivity contribution < 1.29 is 14.3 Å². The number of ether oxygens (including phenoxy) is 1. The monoisotopic (exact) mass is 276 g/mol. The molecule has 0 bridgehead atoms. The van der Waals surface area contributed by atoms with E-state index in [1.54, 1.807) is 4.90 Å². The highest BCUT2D eigenvalue weighted by Gasteiger charge is 2.27. The van der Waals surface area contributed by atoms with Gasteiger partial charge in [0.1, 0.15) is 0 Å². The summed E-state index contributed by atoms with van der Waals surface area (Å²) in [6, 6.07) is 9.38. The van der Waals surface area contributed by atoms with Crippen LogP contribution in [0.15, 0.2) is 30.3 Å². The molecular formula is C15H20N2O3. The van der Waals surface area contributed by atoms with Crippen molar-refractivity contribution in [2.75, 3.05) is 19.7 Å². The van der Waals surface area contributed by atoms with Crippen LogP contribution in [-0.2, 0) is 14.3 Å². The fourth-order valence-electron chi connectivity index (χ4n) is 2.23. The number of hydrogen-bond donors (Lipinski definition) is 1. The Labute approximate surface area is 118 Å². The fraction of sp³-hybridized carbons (Fsp3) is 0.467. The van der Waals surface area contributed by atoms with Crippen molar-refractivity contribution in [2.45, 2.75) is 26.0 Å². The van der Waals surface area contributed by atoms with Gasteiger partial charge in [0.25, 0.3) is 0 Å². The molecule has 1 saturated heterocycles. The summed E-state index contributed by atoms with van der Waals surface area (Å²) in [5.41, 5.74) is 0.976. The first kappa shape index (κ1) is 14.5. The summed E-state index contributed by atoms with van der Waals surface area (Å²) in [6.07, 6.45) is -0.0213. The Bertz CT molecular complexity index is 475. The maximum absolute atomic E-state index is 12.1. The third-order valence-electron chi connectivity index (χ3n) is 3.37. The molecule has 5 nitrogen and oxygen atoms in total. The number of carbonyl (C=O) groups is 2. The van der Waals surface area contributed by atoms with Gasteiger partial charge >= 0.3 is 11.8 Å². The third kappa shape index (κ3) is 3.57. The zero-order chi connectivity index (χ0) is 14.5. The van der Waals surface area contributed by atoms with Crippen LogP contribution >= 0.6 is 0 Å². The molecule has 2 rings (SSSR count). The second-order valence-corrected chi connectivity index (χ2v) is 5.04. The molecule has 0 aliphatic carbocycles. The van der Waals surface area contributed by atoms with E-state index in [0.717, 1.165) is 5.56 Å². The van der Waals surface area contributed by atoms with Crippen molar-refractivity contribution in [1.29, 1.82) is 0 Å². The Morgan fingerprint density at radius 2 is 2.05 bits per heavy atom. The van der Waals surface area contributed by atoms with Crippen molar-refractivity contribution in [2.24, 2.45) is 0 Å². The first-order valence-corrected chi connectivity index (χ1v) is 6.84. The highest BCUT2D eigenvalue weighted by molar-refractivity contribution is 6.35. The van der Waals surface area contributed by atoms with E-state index in [1.807, 2.05) is 44.2 Å². The second kappa shape index (κ2) is 6.52. The van der Waals surface area contributed by atoms with Gasteiger partial charge in [-0.15, -0.1) is 0 Å². The Hall–Kier alpha value is -1.88. The molecule has 1 aliphatic rings. The molecule has 2 amide bonds. The molecule has 0 aromatic heterocycles. The number of nitrogens with zero attached hydrogens (tertiary/aromatic N) is 1. The Kier molecular flexibility index (Phi) is 4.74. The van der Waals surface area contributed by atoms with E-state index in [4.69, 9.17) is 4.74 Å². The molecule has 108 valence electrons. The predicted molar refractivity (Wildman–Crippen MR) is 75.0 cm³/mol. The van der Waals surface area contributed by atoms with Gasteiger partial charge < -0.3 is 15.0 Å². The largest absolute Gasteiger partial charge is 0.375 e. The maximum atomic E-state index is 12.1. The number of benzene rings is 1. The summed E-state index contributed by atoms with van der Waals surface area (Å²) in [5, 5.41) is 2.74. The van der Waals surface area contributed by atoms with Crippen molar-refractivity contribution in [3.63, 3.8) is 0 Å². The van der Waals surface area contributed by atoms with Crippen LogP contribution in [0.1, 0.15) is 25.5 Å². The van der Waals surface area contributed by atoms with Crippen molar-refractivity contribution in [3.05, 3.63) is 35.9 Å². The fourth-order valence-corrected chi connectivity index (χ4v) is 2.23. The molecule has 0 saturated carbocycles. The van der Waals surface area contributed by atoms with Crippen LogP contribution in [0.4, 0.5) is 0 Å². The molecule has 2 atom stereocenters. The van der Waals surface area contributed by atoms with E-state index in [2.05, 4.69) is 5.32 Å². The summed E-state index contributed by atoms with van der Waals surface area (Å²) in [6.45, 7) is 5.17. The molecule has 20 heavy (non-hydrogen) atoms. The minimum absolute atomic E-state index is 0.0213. The standard InChI is InChI=1S/C15H20N2O3/c1-11-10-17(8-9-20-11)15(19)14(18)16-12(2)13-6-4-3-5-7-13/h3-7,11-12H,8-10H2,1-2H3,(H,16,18)/t11-,12+/m0/s1. The minimum atomic E-state index is -0.560. The SMILES string of the molecule is C[C@H]1CN(C(=O)C(=O)N[C@H](C)c2ccccc2)CCO1. The zero-order valence-corrected chi connectivity index (χ0v) is 11.8.